The molecule has 7 heteroatoms. The lowest BCUT2D eigenvalue weighted by Crippen LogP contribution is -2.23. The number of anilines is 1. The summed E-state index contributed by atoms with van der Waals surface area (Å²) in [5.74, 6) is 0.0823. The van der Waals surface area contributed by atoms with Crippen LogP contribution in [-0.4, -0.2) is 19.3 Å². The van der Waals surface area contributed by atoms with Crippen LogP contribution in [0.4, 0.5) is 5.69 Å². The number of nitrogens with one attached hydrogen (secondary N) is 2. The van der Waals surface area contributed by atoms with Crippen molar-refractivity contribution in [3.8, 4) is 11.1 Å². The van der Waals surface area contributed by atoms with E-state index in [2.05, 4.69) is 15.0 Å². The average molecular weight is 484 g/mol. The van der Waals surface area contributed by atoms with Gasteiger partial charge in [-0.2, -0.15) is 0 Å². The fourth-order valence-corrected chi connectivity index (χ4v) is 5.14. The van der Waals surface area contributed by atoms with Crippen LogP contribution in [0.2, 0.25) is 0 Å². The molecule has 1 aliphatic rings. The third-order valence-corrected chi connectivity index (χ3v) is 7.64. The van der Waals surface area contributed by atoms with Gasteiger partial charge >= 0.3 is 0 Å². The predicted molar refractivity (Wildman–Crippen MR) is 136 cm³/mol. The summed E-state index contributed by atoms with van der Waals surface area (Å²) in [6.07, 6.45) is 4.27. The van der Waals surface area contributed by atoms with Gasteiger partial charge in [-0.1, -0.05) is 54.6 Å². The zero-order valence-corrected chi connectivity index (χ0v) is 19.8. The van der Waals surface area contributed by atoms with Crippen LogP contribution in [-0.2, 0) is 21.4 Å². The first kappa shape index (κ1) is 23.0. The smallest absolute Gasteiger partial charge is 0.240 e. The minimum atomic E-state index is -3.68. The number of benzene rings is 3. The first-order valence-corrected chi connectivity index (χ1v) is 12.9. The van der Waals surface area contributed by atoms with Crippen molar-refractivity contribution in [3.05, 3.63) is 115 Å². The van der Waals surface area contributed by atoms with Crippen LogP contribution in [0.1, 0.15) is 23.5 Å². The van der Waals surface area contributed by atoms with E-state index < -0.39 is 10.0 Å². The molecule has 0 radical (unpaired) electrons. The van der Waals surface area contributed by atoms with Gasteiger partial charge in [-0.3, -0.25) is 9.78 Å². The molecule has 0 spiro atoms. The molecule has 1 fully saturated rings. The third kappa shape index (κ3) is 5.48. The summed E-state index contributed by atoms with van der Waals surface area (Å²) in [4.78, 5) is 16.7. The summed E-state index contributed by atoms with van der Waals surface area (Å²) in [5.41, 5.74) is 4.74. The van der Waals surface area contributed by atoms with E-state index in [9.17, 15) is 13.2 Å². The molecule has 2 atom stereocenters. The number of amides is 1. The van der Waals surface area contributed by atoms with Crippen molar-refractivity contribution in [3.63, 3.8) is 0 Å². The molecule has 1 saturated carbocycles. The number of hydrogen-bond donors (Lipinski definition) is 2. The quantitative estimate of drug-likeness (QED) is 0.370. The van der Waals surface area contributed by atoms with Crippen molar-refractivity contribution in [2.75, 3.05) is 5.32 Å². The molecular formula is C28H25N3O3S. The number of aromatic nitrogens is 1. The first-order valence-electron chi connectivity index (χ1n) is 11.4. The second kappa shape index (κ2) is 9.82. The number of carbonyl (C=O) groups excluding carboxylic acids is 1. The van der Waals surface area contributed by atoms with Crippen molar-refractivity contribution < 1.29 is 13.2 Å². The highest BCUT2D eigenvalue weighted by Crippen LogP contribution is 2.47. The summed E-state index contributed by atoms with van der Waals surface area (Å²) in [5, 5.41) is 2.89. The molecule has 5 rings (SSSR count). The summed E-state index contributed by atoms with van der Waals surface area (Å²) in [6, 6.07) is 27.9. The Hall–Kier alpha value is -3.81. The molecule has 6 nitrogen and oxygen atoms in total. The van der Waals surface area contributed by atoms with Crippen molar-refractivity contribution in [2.24, 2.45) is 5.92 Å². The Kier molecular flexibility index (Phi) is 6.44. The van der Waals surface area contributed by atoms with E-state index in [1.807, 2.05) is 66.7 Å². The highest BCUT2D eigenvalue weighted by Gasteiger charge is 2.43. The summed E-state index contributed by atoms with van der Waals surface area (Å²) in [7, 11) is -3.68. The van der Waals surface area contributed by atoms with Crippen LogP contribution in [0, 0.1) is 5.92 Å². The van der Waals surface area contributed by atoms with Gasteiger partial charge in [0.05, 0.1) is 4.90 Å². The predicted octanol–water partition coefficient (Wildman–Crippen LogP) is 4.97. The second-order valence-corrected chi connectivity index (χ2v) is 10.4. The van der Waals surface area contributed by atoms with Crippen molar-refractivity contribution in [1.82, 2.24) is 9.71 Å². The van der Waals surface area contributed by atoms with E-state index in [0.717, 1.165) is 28.7 Å². The monoisotopic (exact) mass is 483 g/mol. The Bertz CT molecular complexity index is 1410. The lowest BCUT2D eigenvalue weighted by molar-refractivity contribution is -0.117. The largest absolute Gasteiger partial charge is 0.326 e. The number of carbonyl (C=O) groups is 1. The van der Waals surface area contributed by atoms with E-state index in [1.54, 1.807) is 24.5 Å². The second-order valence-electron chi connectivity index (χ2n) is 8.63. The van der Waals surface area contributed by atoms with Crippen LogP contribution in [0.25, 0.3) is 11.1 Å². The molecule has 0 bridgehead atoms. The normalized spacial score (nSPS) is 17.0. The van der Waals surface area contributed by atoms with Gasteiger partial charge in [-0.25, -0.2) is 13.1 Å². The lowest BCUT2D eigenvalue weighted by atomic mass is 10.0. The van der Waals surface area contributed by atoms with E-state index in [1.165, 1.54) is 12.1 Å². The van der Waals surface area contributed by atoms with Gasteiger partial charge in [0.2, 0.25) is 15.9 Å². The Morgan fingerprint density at radius 2 is 1.49 bits per heavy atom. The Labute approximate surface area is 205 Å². The topological polar surface area (TPSA) is 88.2 Å². The molecule has 2 unspecified atom stereocenters. The number of rotatable bonds is 8. The molecule has 1 amide bonds. The fourth-order valence-electron chi connectivity index (χ4n) is 4.12. The van der Waals surface area contributed by atoms with Gasteiger partial charge in [-0.05, 0) is 71.0 Å². The first-order chi connectivity index (χ1) is 17.0. The van der Waals surface area contributed by atoms with Gasteiger partial charge in [0.25, 0.3) is 0 Å². The molecule has 1 aromatic heterocycles. The van der Waals surface area contributed by atoms with Crippen LogP contribution >= 0.6 is 0 Å². The average Bonchev–Trinajstić information content (AvgIpc) is 3.71. The fraction of sp³-hybridized carbons (Fsp3) is 0.143. The molecule has 176 valence electrons. The lowest BCUT2D eigenvalue weighted by Gasteiger charge is -2.10. The molecule has 0 aliphatic heterocycles. The van der Waals surface area contributed by atoms with E-state index in [4.69, 9.17) is 0 Å². The third-order valence-electron chi connectivity index (χ3n) is 6.22. The Morgan fingerprint density at radius 1 is 0.829 bits per heavy atom. The zero-order chi connectivity index (χ0) is 24.3. The van der Waals surface area contributed by atoms with Gasteiger partial charge in [0.15, 0.2) is 0 Å². The molecule has 2 N–H and O–H groups in total. The molecule has 4 aromatic rings. The maximum absolute atomic E-state index is 12.7. The van der Waals surface area contributed by atoms with Crippen molar-refractivity contribution in [1.29, 1.82) is 0 Å². The number of pyridine rings is 1. The van der Waals surface area contributed by atoms with E-state index >= 15 is 0 Å². The maximum atomic E-state index is 12.7. The maximum Gasteiger partial charge on any atom is 0.240 e. The van der Waals surface area contributed by atoms with Gasteiger partial charge < -0.3 is 5.32 Å². The molecule has 0 saturated heterocycles. The van der Waals surface area contributed by atoms with Gasteiger partial charge in [0, 0.05) is 30.5 Å². The Balaban J connectivity index is 1.16. The summed E-state index contributed by atoms with van der Waals surface area (Å²) in [6.45, 7) is 0.188. The molecular weight excluding hydrogens is 458 g/mol. The molecule has 35 heavy (non-hydrogen) atoms. The molecule has 3 aromatic carbocycles. The molecule has 1 heterocycles. The van der Waals surface area contributed by atoms with Crippen LogP contribution in [0.5, 0.6) is 0 Å². The van der Waals surface area contributed by atoms with E-state index in [-0.39, 0.29) is 29.2 Å². The summed E-state index contributed by atoms with van der Waals surface area (Å²) >= 11 is 0. The number of nitrogens with zero attached hydrogens (tertiary/aromatic N) is 1. The van der Waals surface area contributed by atoms with Gasteiger partial charge in [-0.15, -0.1) is 0 Å². The van der Waals surface area contributed by atoms with Gasteiger partial charge in [0.1, 0.15) is 0 Å². The van der Waals surface area contributed by atoms with Crippen LogP contribution in [0.15, 0.2) is 108 Å². The van der Waals surface area contributed by atoms with Crippen molar-refractivity contribution >= 4 is 21.6 Å². The van der Waals surface area contributed by atoms with Crippen LogP contribution in [0.3, 0.4) is 0 Å². The summed E-state index contributed by atoms with van der Waals surface area (Å²) < 4.78 is 28.1. The van der Waals surface area contributed by atoms with Crippen molar-refractivity contribution in [2.45, 2.75) is 23.8 Å². The Morgan fingerprint density at radius 3 is 2.17 bits per heavy atom. The van der Waals surface area contributed by atoms with E-state index in [0.29, 0.717) is 5.69 Å². The highest BCUT2D eigenvalue weighted by molar-refractivity contribution is 7.89. The van der Waals surface area contributed by atoms with Crippen LogP contribution < -0.4 is 10.0 Å². The zero-order valence-electron chi connectivity index (χ0n) is 19.0. The number of sulfonamides is 1. The standard InChI is InChI=1S/C28H25N3O3S/c32-28(27-18-26(27)23-14-16-29-17-15-23)31-24-10-12-25(13-11-24)35(33,34)30-19-20-6-8-22(9-7-20)21-4-2-1-3-5-21/h1-17,26-27,30H,18-19H2,(H,31,32). The minimum Gasteiger partial charge on any atom is -0.326 e. The highest BCUT2D eigenvalue weighted by atomic mass is 32.2. The molecule has 1 aliphatic carbocycles. The minimum absolute atomic E-state index is 0.0560. The SMILES string of the molecule is O=C(Nc1ccc(S(=O)(=O)NCc2ccc(-c3ccccc3)cc2)cc1)C1CC1c1ccncc1. The number of hydrogen-bond acceptors (Lipinski definition) is 4.